The Morgan fingerprint density at radius 2 is 1.96 bits per heavy atom. The van der Waals surface area contributed by atoms with Gasteiger partial charge in [0.15, 0.2) is 11.6 Å². The average molecular weight is 352 g/mol. The van der Waals surface area contributed by atoms with Crippen molar-refractivity contribution in [3.8, 4) is 0 Å². The predicted molar refractivity (Wildman–Crippen MR) is 91.9 cm³/mol. The maximum Gasteiger partial charge on any atom is 0.159 e. The van der Waals surface area contributed by atoms with E-state index in [2.05, 4.69) is 26.6 Å². The molecule has 6 heteroatoms. The highest BCUT2D eigenvalue weighted by atomic mass is 32.1. The van der Waals surface area contributed by atoms with Crippen LogP contribution in [0.1, 0.15) is 17.5 Å². The minimum atomic E-state index is -0.814. The Hall–Kier alpha value is -1.34. The van der Waals surface area contributed by atoms with Crippen LogP contribution in [0.15, 0.2) is 35.0 Å². The molecule has 0 unspecified atom stereocenters. The standard InChI is InChI=1S/C18H22F2N2OS/c19-17-2-1-14(9-18(17)20)11-22-6-5-21(12-16(22)3-7-23)10-15-4-8-24-13-15/h1-2,4,8-9,13,16,23H,3,5-7,10-12H2/t16-/m1/s1. The molecule has 2 aromatic rings. The molecule has 1 aliphatic heterocycles. The SMILES string of the molecule is OCC[C@@H]1CN(Cc2ccsc2)CCN1Cc1ccc(F)c(F)c1. The summed E-state index contributed by atoms with van der Waals surface area (Å²) in [5.74, 6) is -1.62. The normalized spacial score (nSPS) is 19.7. The van der Waals surface area contributed by atoms with Gasteiger partial charge in [0.1, 0.15) is 0 Å². The van der Waals surface area contributed by atoms with Crippen molar-refractivity contribution in [1.82, 2.24) is 9.80 Å². The van der Waals surface area contributed by atoms with Gasteiger partial charge in [0.2, 0.25) is 0 Å². The van der Waals surface area contributed by atoms with Gasteiger partial charge in [-0.15, -0.1) is 0 Å². The van der Waals surface area contributed by atoms with E-state index in [-0.39, 0.29) is 12.6 Å². The Bertz CT molecular complexity index is 650. The maximum atomic E-state index is 13.4. The van der Waals surface area contributed by atoms with Gasteiger partial charge >= 0.3 is 0 Å². The fourth-order valence-corrected chi connectivity index (χ4v) is 3.91. The highest BCUT2D eigenvalue weighted by Gasteiger charge is 2.26. The quantitative estimate of drug-likeness (QED) is 0.865. The molecule has 1 aliphatic rings. The van der Waals surface area contributed by atoms with Crippen LogP contribution in [0.3, 0.4) is 0 Å². The monoisotopic (exact) mass is 352 g/mol. The molecule has 1 saturated heterocycles. The summed E-state index contributed by atoms with van der Waals surface area (Å²) in [7, 11) is 0. The van der Waals surface area contributed by atoms with Crippen molar-refractivity contribution in [3.05, 3.63) is 57.8 Å². The lowest BCUT2D eigenvalue weighted by Gasteiger charge is -2.41. The van der Waals surface area contributed by atoms with Crippen LogP contribution in [0.4, 0.5) is 8.78 Å². The molecule has 1 atom stereocenters. The average Bonchev–Trinajstić information content (AvgIpc) is 3.07. The third-order valence-electron chi connectivity index (χ3n) is 4.51. The molecule has 3 rings (SSSR count). The fourth-order valence-electron chi connectivity index (χ4n) is 3.25. The number of halogens is 2. The summed E-state index contributed by atoms with van der Waals surface area (Å²) >= 11 is 1.70. The number of hydrogen-bond donors (Lipinski definition) is 1. The molecule has 1 fully saturated rings. The van der Waals surface area contributed by atoms with E-state index < -0.39 is 11.6 Å². The van der Waals surface area contributed by atoms with Crippen LogP contribution in [0.5, 0.6) is 0 Å². The molecule has 0 aliphatic carbocycles. The van der Waals surface area contributed by atoms with Crippen molar-refractivity contribution in [2.45, 2.75) is 25.6 Å². The molecule has 1 N–H and O–H groups in total. The lowest BCUT2D eigenvalue weighted by Crippen LogP contribution is -2.52. The second kappa shape index (κ2) is 8.16. The molecular weight excluding hydrogens is 330 g/mol. The maximum absolute atomic E-state index is 13.4. The fraction of sp³-hybridized carbons (Fsp3) is 0.444. The van der Waals surface area contributed by atoms with Gasteiger partial charge in [-0.05, 0) is 46.5 Å². The summed E-state index contributed by atoms with van der Waals surface area (Å²) in [5, 5.41) is 13.6. The van der Waals surface area contributed by atoms with Gasteiger partial charge in [0.25, 0.3) is 0 Å². The number of aliphatic hydroxyl groups excluding tert-OH is 1. The summed E-state index contributed by atoms with van der Waals surface area (Å²) in [6.45, 7) is 4.29. The Kier molecular flexibility index (Phi) is 5.94. The highest BCUT2D eigenvalue weighted by molar-refractivity contribution is 7.07. The largest absolute Gasteiger partial charge is 0.396 e. The van der Waals surface area contributed by atoms with E-state index in [9.17, 15) is 13.9 Å². The number of piperazine rings is 1. The number of aliphatic hydroxyl groups is 1. The minimum Gasteiger partial charge on any atom is -0.396 e. The summed E-state index contributed by atoms with van der Waals surface area (Å²) in [5.41, 5.74) is 2.08. The van der Waals surface area contributed by atoms with Gasteiger partial charge in [0, 0.05) is 45.4 Å². The van der Waals surface area contributed by atoms with Crippen LogP contribution in [-0.2, 0) is 13.1 Å². The van der Waals surface area contributed by atoms with Crippen LogP contribution in [0.2, 0.25) is 0 Å². The molecule has 1 aromatic carbocycles. The van der Waals surface area contributed by atoms with Crippen molar-refractivity contribution in [2.75, 3.05) is 26.2 Å². The molecule has 0 bridgehead atoms. The number of hydrogen-bond acceptors (Lipinski definition) is 4. The van der Waals surface area contributed by atoms with Crippen LogP contribution >= 0.6 is 11.3 Å². The third-order valence-corrected chi connectivity index (χ3v) is 5.24. The summed E-state index contributed by atoms with van der Waals surface area (Å²) in [6.07, 6.45) is 0.684. The predicted octanol–water partition coefficient (Wildman–Crippen LogP) is 3.10. The van der Waals surface area contributed by atoms with Gasteiger partial charge < -0.3 is 5.11 Å². The molecule has 2 heterocycles. The van der Waals surface area contributed by atoms with Crippen molar-refractivity contribution < 1.29 is 13.9 Å². The first-order valence-corrected chi connectivity index (χ1v) is 9.12. The van der Waals surface area contributed by atoms with E-state index in [4.69, 9.17) is 0 Å². The van der Waals surface area contributed by atoms with E-state index in [1.54, 1.807) is 17.4 Å². The third kappa shape index (κ3) is 4.39. The second-order valence-corrected chi connectivity index (χ2v) is 7.03. The number of benzene rings is 1. The van der Waals surface area contributed by atoms with Gasteiger partial charge in [-0.2, -0.15) is 11.3 Å². The highest BCUT2D eigenvalue weighted by Crippen LogP contribution is 2.20. The first kappa shape index (κ1) is 17.5. The zero-order valence-electron chi connectivity index (χ0n) is 13.5. The molecule has 3 nitrogen and oxygen atoms in total. The molecule has 0 radical (unpaired) electrons. The summed E-state index contributed by atoms with van der Waals surface area (Å²) in [6, 6.07) is 6.43. The van der Waals surface area contributed by atoms with Crippen molar-refractivity contribution >= 4 is 11.3 Å². The van der Waals surface area contributed by atoms with E-state index >= 15 is 0 Å². The van der Waals surface area contributed by atoms with E-state index in [0.717, 1.165) is 31.7 Å². The zero-order valence-corrected chi connectivity index (χ0v) is 14.3. The van der Waals surface area contributed by atoms with Crippen LogP contribution < -0.4 is 0 Å². The number of thiophene rings is 1. The van der Waals surface area contributed by atoms with Gasteiger partial charge in [-0.25, -0.2) is 8.78 Å². The Balaban J connectivity index is 1.63. The lowest BCUT2D eigenvalue weighted by molar-refractivity contribution is 0.0499. The summed E-state index contributed by atoms with van der Waals surface area (Å²) in [4.78, 5) is 4.65. The number of rotatable bonds is 6. The molecule has 1 aromatic heterocycles. The smallest absolute Gasteiger partial charge is 0.159 e. The zero-order chi connectivity index (χ0) is 16.9. The topological polar surface area (TPSA) is 26.7 Å². The molecular formula is C18H22F2N2OS. The van der Waals surface area contributed by atoms with Crippen LogP contribution in [-0.4, -0.2) is 47.2 Å². The first-order chi connectivity index (χ1) is 11.7. The number of nitrogens with zero attached hydrogens (tertiary/aromatic N) is 2. The van der Waals surface area contributed by atoms with E-state index in [1.165, 1.54) is 17.7 Å². The Morgan fingerprint density at radius 3 is 2.67 bits per heavy atom. The van der Waals surface area contributed by atoms with Crippen LogP contribution in [0, 0.1) is 11.6 Å². The molecule has 0 amide bonds. The molecule has 130 valence electrons. The Morgan fingerprint density at radius 1 is 1.08 bits per heavy atom. The minimum absolute atomic E-state index is 0.130. The van der Waals surface area contributed by atoms with Gasteiger partial charge in [-0.1, -0.05) is 6.07 Å². The van der Waals surface area contributed by atoms with Crippen molar-refractivity contribution in [2.24, 2.45) is 0 Å². The van der Waals surface area contributed by atoms with Gasteiger partial charge in [-0.3, -0.25) is 9.80 Å². The molecule has 24 heavy (non-hydrogen) atoms. The Labute approximate surface area is 145 Å². The van der Waals surface area contributed by atoms with Gasteiger partial charge in [0.05, 0.1) is 0 Å². The van der Waals surface area contributed by atoms with Crippen molar-refractivity contribution in [3.63, 3.8) is 0 Å². The second-order valence-electron chi connectivity index (χ2n) is 6.25. The summed E-state index contributed by atoms with van der Waals surface area (Å²) < 4.78 is 26.5. The van der Waals surface area contributed by atoms with Crippen LogP contribution in [0.25, 0.3) is 0 Å². The molecule has 0 saturated carbocycles. The first-order valence-electron chi connectivity index (χ1n) is 8.18. The lowest BCUT2D eigenvalue weighted by atomic mass is 10.1. The molecule has 0 spiro atoms. The van der Waals surface area contributed by atoms with E-state index in [0.29, 0.717) is 13.0 Å². The van der Waals surface area contributed by atoms with Crippen molar-refractivity contribution in [1.29, 1.82) is 0 Å². The van der Waals surface area contributed by atoms with E-state index in [1.807, 2.05) is 0 Å².